The van der Waals surface area contributed by atoms with Gasteiger partial charge in [-0.05, 0) is 18.6 Å². The summed E-state index contributed by atoms with van der Waals surface area (Å²) in [6.45, 7) is 3.58. The van der Waals surface area contributed by atoms with Crippen molar-refractivity contribution >= 4 is 12.2 Å². The van der Waals surface area contributed by atoms with Crippen molar-refractivity contribution in [1.82, 2.24) is 10.1 Å². The van der Waals surface area contributed by atoms with Crippen LogP contribution in [-0.4, -0.2) is 10.1 Å². The van der Waals surface area contributed by atoms with Crippen LogP contribution < -0.4 is 0 Å². The minimum Gasteiger partial charge on any atom is -0.348 e. The second-order valence-electron chi connectivity index (χ2n) is 1.86. The monoisotopic (exact) mass is 156 g/mol. The van der Waals surface area contributed by atoms with E-state index >= 15 is 0 Å². The van der Waals surface area contributed by atoms with Gasteiger partial charge < -0.3 is 4.52 Å². The average molecular weight is 156 g/mol. The molecule has 0 aliphatic heterocycles. The van der Waals surface area contributed by atoms with Gasteiger partial charge in [-0.1, -0.05) is 6.08 Å². The van der Waals surface area contributed by atoms with E-state index in [-0.39, 0.29) is 4.84 Å². The van der Waals surface area contributed by atoms with Gasteiger partial charge in [0.15, 0.2) is 0 Å². The van der Waals surface area contributed by atoms with E-state index in [1.54, 1.807) is 0 Å². The molecule has 1 N–H and O–H groups in total. The minimum absolute atomic E-state index is 0.263. The first-order valence-electron chi connectivity index (χ1n) is 2.98. The van der Waals surface area contributed by atoms with Gasteiger partial charge in [0.2, 0.25) is 0 Å². The summed E-state index contributed by atoms with van der Waals surface area (Å²) in [5.74, 6) is 0.782. The molecule has 0 aliphatic carbocycles. The average Bonchev–Trinajstić information content (AvgIpc) is 2.31. The van der Waals surface area contributed by atoms with Crippen LogP contribution in [0.25, 0.3) is 0 Å². The third kappa shape index (κ3) is 1.80. The molecule has 0 saturated carbocycles. The Kier molecular flexibility index (Phi) is 2.39. The zero-order valence-corrected chi connectivity index (χ0v) is 6.28. The fourth-order valence-corrected chi connectivity index (χ4v) is 0.756. The molecule has 1 heterocycles. The standard InChI is InChI=1S/C6H8N2OS/c1-2-3-4-5-7-6(10)9-8-5/h2H,1,3-4H2,(H,7,8,10). The minimum atomic E-state index is 0.263. The molecule has 0 atom stereocenters. The van der Waals surface area contributed by atoms with Gasteiger partial charge in [-0.3, -0.25) is 0 Å². The summed E-state index contributed by atoms with van der Waals surface area (Å²) in [5, 5.41) is 2.60. The molecule has 3 nitrogen and oxygen atoms in total. The highest BCUT2D eigenvalue weighted by atomic mass is 32.1. The predicted molar refractivity (Wildman–Crippen MR) is 40.2 cm³/mol. The van der Waals surface area contributed by atoms with E-state index in [2.05, 4.69) is 28.9 Å². The Morgan fingerprint density at radius 1 is 1.80 bits per heavy atom. The number of aromatic amines is 1. The number of aryl methyl sites for hydroxylation is 1. The van der Waals surface area contributed by atoms with Crippen LogP contribution in [0.2, 0.25) is 0 Å². The molecule has 1 aromatic rings. The number of allylic oxidation sites excluding steroid dienone is 1. The lowest BCUT2D eigenvalue weighted by Crippen LogP contribution is -1.84. The summed E-state index contributed by atoms with van der Waals surface area (Å²) in [4.78, 5) is 4.16. The molecular weight excluding hydrogens is 148 g/mol. The Labute approximate surface area is 63.7 Å². The van der Waals surface area contributed by atoms with Crippen LogP contribution in [0.15, 0.2) is 17.2 Å². The van der Waals surface area contributed by atoms with Crippen molar-refractivity contribution in [1.29, 1.82) is 0 Å². The van der Waals surface area contributed by atoms with Crippen LogP contribution in [0.5, 0.6) is 0 Å². The van der Waals surface area contributed by atoms with Gasteiger partial charge >= 0.3 is 4.84 Å². The molecule has 0 amide bonds. The summed E-state index contributed by atoms with van der Waals surface area (Å²) in [6, 6.07) is 0. The predicted octanol–water partition coefficient (Wildman–Crippen LogP) is 1.85. The first kappa shape index (κ1) is 7.21. The first-order valence-corrected chi connectivity index (χ1v) is 3.39. The fraction of sp³-hybridized carbons (Fsp3) is 0.333. The van der Waals surface area contributed by atoms with Gasteiger partial charge in [0.25, 0.3) is 0 Å². The van der Waals surface area contributed by atoms with Crippen LogP contribution in [0.1, 0.15) is 12.2 Å². The second kappa shape index (κ2) is 3.31. The molecule has 1 rings (SSSR count). The van der Waals surface area contributed by atoms with E-state index in [0.717, 1.165) is 18.7 Å². The molecule has 0 spiro atoms. The SMILES string of the molecule is C=CCCc1nc(=S)o[nH]1. The van der Waals surface area contributed by atoms with Crippen LogP contribution >= 0.6 is 12.2 Å². The number of nitrogens with zero attached hydrogens (tertiary/aromatic N) is 1. The highest BCUT2D eigenvalue weighted by molar-refractivity contribution is 7.71. The summed E-state index contributed by atoms with van der Waals surface area (Å²) >= 11 is 4.65. The van der Waals surface area contributed by atoms with Gasteiger partial charge in [-0.15, -0.1) is 6.58 Å². The maximum Gasteiger partial charge on any atom is 0.314 e. The molecular formula is C6H8N2OS. The highest BCUT2D eigenvalue weighted by Gasteiger charge is 1.94. The smallest absolute Gasteiger partial charge is 0.314 e. The van der Waals surface area contributed by atoms with Crippen molar-refractivity contribution in [3.8, 4) is 0 Å². The highest BCUT2D eigenvalue weighted by Crippen LogP contribution is 1.95. The van der Waals surface area contributed by atoms with Crippen molar-refractivity contribution in [3.63, 3.8) is 0 Å². The van der Waals surface area contributed by atoms with Crippen molar-refractivity contribution in [2.45, 2.75) is 12.8 Å². The third-order valence-corrected chi connectivity index (χ3v) is 1.24. The van der Waals surface area contributed by atoms with Gasteiger partial charge in [-0.2, -0.15) is 4.98 Å². The molecule has 1 aromatic heterocycles. The molecule has 0 fully saturated rings. The maximum absolute atomic E-state index is 4.71. The molecule has 0 radical (unpaired) electrons. The Morgan fingerprint density at radius 2 is 2.60 bits per heavy atom. The van der Waals surface area contributed by atoms with E-state index in [9.17, 15) is 0 Å². The number of hydrogen-bond donors (Lipinski definition) is 1. The number of H-pyrrole nitrogens is 1. The van der Waals surface area contributed by atoms with Gasteiger partial charge in [0, 0.05) is 6.42 Å². The number of aromatic nitrogens is 2. The lowest BCUT2D eigenvalue weighted by molar-refractivity contribution is 0.398. The molecule has 4 heteroatoms. The molecule has 54 valence electrons. The maximum atomic E-state index is 4.71. The lowest BCUT2D eigenvalue weighted by Gasteiger charge is -1.85. The molecule has 0 bridgehead atoms. The van der Waals surface area contributed by atoms with E-state index in [0.29, 0.717) is 0 Å². The molecule has 0 aliphatic rings. The zero-order chi connectivity index (χ0) is 7.40. The quantitative estimate of drug-likeness (QED) is 0.536. The normalized spacial score (nSPS) is 9.60. The van der Waals surface area contributed by atoms with Crippen LogP contribution in [0.3, 0.4) is 0 Å². The number of nitrogens with one attached hydrogen (secondary N) is 1. The van der Waals surface area contributed by atoms with E-state index in [1.165, 1.54) is 0 Å². The van der Waals surface area contributed by atoms with Crippen molar-refractivity contribution < 1.29 is 4.52 Å². The Hall–Kier alpha value is -0.900. The summed E-state index contributed by atoms with van der Waals surface area (Å²) in [6.07, 6.45) is 3.52. The summed E-state index contributed by atoms with van der Waals surface area (Å²) < 4.78 is 4.71. The van der Waals surface area contributed by atoms with Crippen molar-refractivity contribution in [2.75, 3.05) is 0 Å². The van der Waals surface area contributed by atoms with Gasteiger partial charge in [0.1, 0.15) is 5.82 Å². The molecule has 10 heavy (non-hydrogen) atoms. The van der Waals surface area contributed by atoms with E-state index in [1.807, 2.05) is 6.08 Å². The van der Waals surface area contributed by atoms with Gasteiger partial charge in [0.05, 0.1) is 0 Å². The van der Waals surface area contributed by atoms with E-state index < -0.39 is 0 Å². The third-order valence-electron chi connectivity index (χ3n) is 1.07. The van der Waals surface area contributed by atoms with Crippen LogP contribution in [0.4, 0.5) is 0 Å². The zero-order valence-electron chi connectivity index (χ0n) is 5.46. The number of hydrogen-bond acceptors (Lipinski definition) is 3. The summed E-state index contributed by atoms with van der Waals surface area (Å²) in [7, 11) is 0. The van der Waals surface area contributed by atoms with Crippen LogP contribution in [-0.2, 0) is 6.42 Å². The molecule has 0 unspecified atom stereocenters. The molecule has 0 aromatic carbocycles. The van der Waals surface area contributed by atoms with E-state index in [4.69, 9.17) is 4.52 Å². The van der Waals surface area contributed by atoms with Crippen molar-refractivity contribution in [3.05, 3.63) is 23.3 Å². The number of rotatable bonds is 3. The summed E-state index contributed by atoms with van der Waals surface area (Å²) in [5.41, 5.74) is 0. The fourth-order valence-electron chi connectivity index (χ4n) is 0.604. The topological polar surface area (TPSA) is 41.8 Å². The first-order chi connectivity index (χ1) is 4.83. The molecule has 0 saturated heterocycles. The Balaban J connectivity index is 2.58. The largest absolute Gasteiger partial charge is 0.348 e. The van der Waals surface area contributed by atoms with Gasteiger partial charge in [-0.25, -0.2) is 5.16 Å². The van der Waals surface area contributed by atoms with Crippen LogP contribution in [0, 0.1) is 4.84 Å². The Morgan fingerprint density at radius 3 is 3.10 bits per heavy atom. The Bertz CT molecular complexity index is 263. The lowest BCUT2D eigenvalue weighted by atomic mass is 10.3. The second-order valence-corrected chi connectivity index (χ2v) is 2.21. The van der Waals surface area contributed by atoms with Crippen molar-refractivity contribution in [2.24, 2.45) is 0 Å².